The summed E-state index contributed by atoms with van der Waals surface area (Å²) in [5.41, 5.74) is 2.82. The molecule has 0 bridgehead atoms. The average molecular weight is 336 g/mol. The number of aromatic hydroxyl groups is 1. The van der Waals surface area contributed by atoms with Gasteiger partial charge in [0.25, 0.3) is 0 Å². The van der Waals surface area contributed by atoms with E-state index in [-0.39, 0.29) is 5.97 Å². The number of methoxy groups -OCH3 is 1. The van der Waals surface area contributed by atoms with Crippen LogP contribution in [-0.4, -0.2) is 18.2 Å². The number of hydrogen-bond acceptors (Lipinski definition) is 3. The van der Waals surface area contributed by atoms with Crippen LogP contribution >= 0.6 is 0 Å². The molecule has 0 unspecified atom stereocenters. The molecule has 130 valence electrons. The largest absolute Gasteiger partial charge is 0.507 e. The van der Waals surface area contributed by atoms with Gasteiger partial charge in [-0.05, 0) is 42.7 Å². The molecule has 3 heteroatoms. The first-order valence-electron chi connectivity index (χ1n) is 7.94. The van der Waals surface area contributed by atoms with Gasteiger partial charge < -0.3 is 9.84 Å². The maximum absolute atomic E-state index is 10.8. The Morgan fingerprint density at radius 1 is 0.840 bits per heavy atom. The Kier molecular flexibility index (Phi) is 9.16. The van der Waals surface area contributed by atoms with Crippen molar-refractivity contribution in [1.82, 2.24) is 0 Å². The lowest BCUT2D eigenvalue weighted by Crippen LogP contribution is -1.92. The van der Waals surface area contributed by atoms with Gasteiger partial charge in [-0.3, -0.25) is 0 Å². The molecular weight excluding hydrogens is 312 g/mol. The number of benzene rings is 1. The maximum Gasteiger partial charge on any atom is 0.330 e. The van der Waals surface area contributed by atoms with E-state index >= 15 is 0 Å². The zero-order valence-electron chi connectivity index (χ0n) is 14.8. The fraction of sp³-hybridized carbons (Fsp3) is 0.136. The zero-order chi connectivity index (χ0) is 18.5. The van der Waals surface area contributed by atoms with Gasteiger partial charge in [0.15, 0.2) is 0 Å². The average Bonchev–Trinajstić information content (AvgIpc) is 2.60. The number of phenolic OH excluding ortho intramolecular Hbond substituents is 1. The van der Waals surface area contributed by atoms with Crippen molar-refractivity contribution in [2.75, 3.05) is 7.11 Å². The Bertz CT molecular complexity index is 722. The molecule has 0 saturated heterocycles. The van der Waals surface area contributed by atoms with Crippen molar-refractivity contribution in [2.24, 2.45) is 0 Å². The number of carbonyl (C=O) groups is 1. The third-order valence-corrected chi connectivity index (χ3v) is 3.24. The molecule has 1 rings (SSSR count). The van der Waals surface area contributed by atoms with E-state index in [1.165, 1.54) is 13.2 Å². The third kappa shape index (κ3) is 8.37. The molecule has 0 heterocycles. The second-order valence-corrected chi connectivity index (χ2v) is 5.28. The monoisotopic (exact) mass is 336 g/mol. The van der Waals surface area contributed by atoms with Crippen LogP contribution in [0.3, 0.4) is 0 Å². The molecule has 25 heavy (non-hydrogen) atoms. The topological polar surface area (TPSA) is 46.5 Å². The number of allylic oxidation sites excluding steroid dienone is 10. The molecule has 0 amide bonds. The predicted molar refractivity (Wildman–Crippen MR) is 104 cm³/mol. The molecule has 3 nitrogen and oxygen atoms in total. The molecule has 0 fully saturated rings. The molecular formula is C22H24O3. The van der Waals surface area contributed by atoms with Crippen LogP contribution < -0.4 is 0 Å². The Morgan fingerprint density at radius 3 is 1.76 bits per heavy atom. The number of carbonyl (C=O) groups excluding carboxylic acids is 1. The van der Waals surface area contributed by atoms with Crippen molar-refractivity contribution in [3.05, 3.63) is 95.7 Å². The number of esters is 1. The molecule has 1 N–H and O–H groups in total. The van der Waals surface area contributed by atoms with E-state index in [2.05, 4.69) is 4.74 Å². The van der Waals surface area contributed by atoms with Crippen molar-refractivity contribution in [2.45, 2.75) is 13.8 Å². The molecule has 0 spiro atoms. The predicted octanol–water partition coefficient (Wildman–Crippen LogP) is 4.98. The van der Waals surface area contributed by atoms with Gasteiger partial charge in [0.1, 0.15) is 5.75 Å². The Hall–Kier alpha value is -3.07. The van der Waals surface area contributed by atoms with Gasteiger partial charge in [0.05, 0.1) is 7.11 Å². The lowest BCUT2D eigenvalue weighted by atomic mass is 10.1. The standard InChI is InChI=1S/C22H24O3/c1-18-16-20(17-19(2)22(18)24)14-12-10-8-6-4-5-7-9-11-13-15-21(23)25-3/h4-17,24H,1-3H3. The number of phenols is 1. The van der Waals surface area contributed by atoms with Crippen molar-refractivity contribution < 1.29 is 14.6 Å². The highest BCUT2D eigenvalue weighted by Gasteiger charge is 2.00. The lowest BCUT2D eigenvalue weighted by Gasteiger charge is -2.04. The summed E-state index contributed by atoms with van der Waals surface area (Å²) in [5, 5.41) is 9.74. The smallest absolute Gasteiger partial charge is 0.330 e. The summed E-state index contributed by atoms with van der Waals surface area (Å²) >= 11 is 0. The van der Waals surface area contributed by atoms with Crippen molar-refractivity contribution in [3.8, 4) is 5.75 Å². The van der Waals surface area contributed by atoms with Crippen LogP contribution in [0.4, 0.5) is 0 Å². The Balaban J connectivity index is 2.41. The highest BCUT2D eigenvalue weighted by atomic mass is 16.5. The summed E-state index contributed by atoms with van der Waals surface area (Å²) < 4.78 is 4.47. The van der Waals surface area contributed by atoms with Gasteiger partial charge in [-0.25, -0.2) is 4.79 Å². The molecule has 0 atom stereocenters. The fourth-order valence-corrected chi connectivity index (χ4v) is 1.97. The Morgan fingerprint density at radius 2 is 1.28 bits per heavy atom. The van der Waals surface area contributed by atoms with E-state index in [1.807, 2.05) is 80.7 Å². The van der Waals surface area contributed by atoms with Gasteiger partial charge in [-0.15, -0.1) is 0 Å². The number of aryl methyl sites for hydroxylation is 2. The molecule has 0 aromatic heterocycles. The maximum atomic E-state index is 10.8. The van der Waals surface area contributed by atoms with Crippen LogP contribution in [-0.2, 0) is 9.53 Å². The second kappa shape index (κ2) is 11.5. The molecule has 1 aromatic carbocycles. The first kappa shape index (κ1) is 20.0. The first-order valence-corrected chi connectivity index (χ1v) is 7.94. The number of ether oxygens (including phenoxy) is 1. The summed E-state index contributed by atoms with van der Waals surface area (Å²) in [6.45, 7) is 3.79. The van der Waals surface area contributed by atoms with Gasteiger partial charge >= 0.3 is 5.97 Å². The van der Waals surface area contributed by atoms with Gasteiger partial charge in [-0.1, -0.05) is 66.8 Å². The van der Waals surface area contributed by atoms with Crippen LogP contribution in [0.2, 0.25) is 0 Å². The van der Waals surface area contributed by atoms with Crippen LogP contribution in [0.25, 0.3) is 6.08 Å². The quantitative estimate of drug-likeness (QED) is 0.434. The van der Waals surface area contributed by atoms with Crippen LogP contribution in [0.15, 0.2) is 79.0 Å². The number of hydrogen-bond donors (Lipinski definition) is 1. The van der Waals surface area contributed by atoms with Crippen molar-refractivity contribution in [1.29, 1.82) is 0 Å². The molecule has 0 saturated carbocycles. The highest BCUT2D eigenvalue weighted by molar-refractivity contribution is 5.82. The summed E-state index contributed by atoms with van der Waals surface area (Å²) in [7, 11) is 1.34. The summed E-state index contributed by atoms with van der Waals surface area (Å²) in [6.07, 6.45) is 22.0. The minimum absolute atomic E-state index is 0.359. The third-order valence-electron chi connectivity index (χ3n) is 3.24. The number of rotatable bonds is 7. The van der Waals surface area contributed by atoms with E-state index in [1.54, 1.807) is 12.2 Å². The summed E-state index contributed by atoms with van der Waals surface area (Å²) in [4.78, 5) is 10.8. The van der Waals surface area contributed by atoms with E-state index in [0.29, 0.717) is 5.75 Å². The van der Waals surface area contributed by atoms with Crippen LogP contribution in [0, 0.1) is 13.8 Å². The highest BCUT2D eigenvalue weighted by Crippen LogP contribution is 2.23. The minimum Gasteiger partial charge on any atom is -0.507 e. The first-order chi connectivity index (χ1) is 12.0. The minimum atomic E-state index is -0.371. The lowest BCUT2D eigenvalue weighted by molar-refractivity contribution is -0.134. The van der Waals surface area contributed by atoms with Gasteiger partial charge in [0.2, 0.25) is 0 Å². The van der Waals surface area contributed by atoms with Crippen molar-refractivity contribution in [3.63, 3.8) is 0 Å². The van der Waals surface area contributed by atoms with E-state index in [0.717, 1.165) is 16.7 Å². The summed E-state index contributed by atoms with van der Waals surface area (Å²) in [5.74, 6) is -0.0124. The zero-order valence-corrected chi connectivity index (χ0v) is 14.8. The van der Waals surface area contributed by atoms with Crippen molar-refractivity contribution >= 4 is 12.0 Å². The summed E-state index contributed by atoms with van der Waals surface area (Å²) in [6, 6.07) is 3.90. The molecule has 0 aliphatic heterocycles. The van der Waals surface area contributed by atoms with E-state index in [9.17, 15) is 9.90 Å². The van der Waals surface area contributed by atoms with Gasteiger partial charge in [0, 0.05) is 6.08 Å². The second-order valence-electron chi connectivity index (χ2n) is 5.28. The fourth-order valence-electron chi connectivity index (χ4n) is 1.97. The van der Waals surface area contributed by atoms with Crippen LogP contribution in [0.1, 0.15) is 16.7 Å². The molecule has 1 aromatic rings. The van der Waals surface area contributed by atoms with Gasteiger partial charge in [-0.2, -0.15) is 0 Å². The van der Waals surface area contributed by atoms with E-state index < -0.39 is 0 Å². The molecule has 0 aliphatic carbocycles. The molecule has 0 aliphatic rings. The Labute approximate surface area is 149 Å². The SMILES string of the molecule is COC(=O)C=CC=CC=CC=CC=CC=Cc1cc(C)c(O)c(C)c1. The normalized spacial score (nSPS) is 12.8. The van der Waals surface area contributed by atoms with E-state index in [4.69, 9.17) is 0 Å². The molecule has 0 radical (unpaired) electrons. The van der Waals surface area contributed by atoms with Crippen LogP contribution in [0.5, 0.6) is 5.75 Å².